The summed E-state index contributed by atoms with van der Waals surface area (Å²) in [4.78, 5) is 22.9. The Morgan fingerprint density at radius 2 is 1.84 bits per heavy atom. The first-order valence-corrected chi connectivity index (χ1v) is 6.77. The zero-order chi connectivity index (χ0) is 14.7. The van der Waals surface area contributed by atoms with Crippen molar-refractivity contribution in [3.8, 4) is 0 Å². The van der Waals surface area contributed by atoms with Crippen molar-refractivity contribution in [3.05, 3.63) is 0 Å². The van der Waals surface area contributed by atoms with Gasteiger partial charge in [-0.05, 0) is 31.6 Å². The molecule has 0 radical (unpaired) electrons. The summed E-state index contributed by atoms with van der Waals surface area (Å²) in [7, 11) is 0. The number of carbonyl (C=O) groups excluding carboxylic acids is 2. The molecule has 3 nitrogen and oxygen atoms in total. The highest BCUT2D eigenvalue weighted by molar-refractivity contribution is 6.29. The van der Waals surface area contributed by atoms with Crippen LogP contribution in [-0.4, -0.2) is 29.3 Å². The summed E-state index contributed by atoms with van der Waals surface area (Å²) in [5, 5.41) is 1.87. The summed E-state index contributed by atoms with van der Waals surface area (Å²) in [5.74, 6) is -2.61. The van der Waals surface area contributed by atoms with Gasteiger partial charge in [0.05, 0.1) is 5.88 Å². The second-order valence-electron chi connectivity index (χ2n) is 4.94. The van der Waals surface area contributed by atoms with Gasteiger partial charge in [-0.3, -0.25) is 9.59 Å². The van der Waals surface area contributed by atoms with Crippen molar-refractivity contribution in [3.63, 3.8) is 0 Å². The van der Waals surface area contributed by atoms with Crippen molar-refractivity contribution in [2.24, 2.45) is 5.92 Å². The molecule has 0 aromatic rings. The largest absolute Gasteiger partial charge is 0.471 e. The van der Waals surface area contributed by atoms with Crippen molar-refractivity contribution in [1.82, 2.24) is 5.32 Å². The van der Waals surface area contributed by atoms with Gasteiger partial charge in [0, 0.05) is 0 Å². The van der Waals surface area contributed by atoms with E-state index in [2.05, 4.69) is 0 Å². The predicted octanol–water partition coefficient (Wildman–Crippen LogP) is 2.81. The normalized spacial score (nSPS) is 27.9. The first-order valence-electron chi connectivity index (χ1n) is 6.23. The van der Waals surface area contributed by atoms with Gasteiger partial charge in [-0.2, -0.15) is 13.2 Å². The summed E-state index contributed by atoms with van der Waals surface area (Å²) in [6.45, 7) is 2.00. The van der Waals surface area contributed by atoms with Gasteiger partial charge in [-0.15, -0.1) is 11.6 Å². The standard InChI is InChI=1S/C12H17ClF3NO2/c1-2-8-3-5-11(6-4-8,9(18)7-13)17-10(19)12(14,15)16/h8H,2-7H2,1H3,(H,17,19). The maximum atomic E-state index is 12.3. The second-order valence-corrected chi connectivity index (χ2v) is 5.21. The second kappa shape index (κ2) is 6.11. The number of Topliss-reactive ketones (excluding diaryl/α,β-unsaturated/α-hetero) is 1. The van der Waals surface area contributed by atoms with Crippen molar-refractivity contribution in [2.45, 2.75) is 50.7 Å². The van der Waals surface area contributed by atoms with Gasteiger partial charge < -0.3 is 5.32 Å². The van der Waals surface area contributed by atoms with E-state index in [-0.39, 0.29) is 12.8 Å². The SMILES string of the molecule is CCC1CCC(NC(=O)C(F)(F)F)(C(=O)CCl)CC1. The zero-order valence-corrected chi connectivity index (χ0v) is 11.4. The molecule has 0 aromatic heterocycles. The molecule has 0 bridgehead atoms. The summed E-state index contributed by atoms with van der Waals surface area (Å²) < 4.78 is 37.0. The van der Waals surface area contributed by atoms with Gasteiger partial charge in [-0.1, -0.05) is 13.3 Å². The first kappa shape index (κ1) is 16.3. The smallest absolute Gasteiger partial charge is 0.336 e. The van der Waals surface area contributed by atoms with E-state index >= 15 is 0 Å². The van der Waals surface area contributed by atoms with E-state index in [0.29, 0.717) is 18.8 Å². The van der Waals surface area contributed by atoms with E-state index in [1.165, 1.54) is 0 Å². The highest BCUT2D eigenvalue weighted by Crippen LogP contribution is 2.35. The lowest BCUT2D eigenvalue weighted by atomic mass is 9.73. The fraction of sp³-hybridized carbons (Fsp3) is 0.833. The monoisotopic (exact) mass is 299 g/mol. The van der Waals surface area contributed by atoms with Crippen LogP contribution < -0.4 is 5.32 Å². The Hall–Kier alpha value is -0.780. The molecule has 1 N–H and O–H groups in total. The van der Waals surface area contributed by atoms with Crippen LogP contribution in [0.15, 0.2) is 0 Å². The molecule has 0 saturated heterocycles. The minimum Gasteiger partial charge on any atom is -0.336 e. The molecule has 110 valence electrons. The maximum Gasteiger partial charge on any atom is 0.471 e. The predicted molar refractivity (Wildman–Crippen MR) is 64.9 cm³/mol. The lowest BCUT2D eigenvalue weighted by Crippen LogP contribution is -2.59. The number of carbonyl (C=O) groups is 2. The third-order valence-corrected chi connectivity index (χ3v) is 4.04. The Morgan fingerprint density at radius 1 is 1.32 bits per heavy atom. The van der Waals surface area contributed by atoms with E-state index in [1.807, 2.05) is 12.2 Å². The fourth-order valence-corrected chi connectivity index (χ4v) is 2.72. The van der Waals surface area contributed by atoms with Gasteiger partial charge >= 0.3 is 12.1 Å². The molecular weight excluding hydrogens is 283 g/mol. The van der Waals surface area contributed by atoms with E-state index in [4.69, 9.17) is 11.6 Å². The lowest BCUT2D eigenvalue weighted by Gasteiger charge is -2.39. The first-order chi connectivity index (χ1) is 8.75. The number of halogens is 4. The molecule has 0 aliphatic heterocycles. The molecule has 19 heavy (non-hydrogen) atoms. The van der Waals surface area contributed by atoms with Gasteiger partial charge in [0.25, 0.3) is 0 Å². The Bertz CT molecular complexity index is 349. The van der Waals surface area contributed by atoms with Gasteiger partial charge in [0.1, 0.15) is 5.54 Å². The average Bonchev–Trinajstić information content (AvgIpc) is 2.37. The van der Waals surface area contributed by atoms with Crippen LogP contribution in [0.2, 0.25) is 0 Å². The molecule has 1 aliphatic carbocycles. The van der Waals surface area contributed by atoms with E-state index in [0.717, 1.165) is 6.42 Å². The van der Waals surface area contributed by atoms with Gasteiger partial charge in [0.2, 0.25) is 0 Å². The summed E-state index contributed by atoms with van der Waals surface area (Å²) in [6, 6.07) is 0. The minimum absolute atomic E-state index is 0.221. The third-order valence-electron chi connectivity index (χ3n) is 3.80. The summed E-state index contributed by atoms with van der Waals surface area (Å²) in [5.41, 5.74) is -1.44. The topological polar surface area (TPSA) is 46.2 Å². The number of nitrogens with one attached hydrogen (secondary N) is 1. The number of hydrogen-bond donors (Lipinski definition) is 1. The Labute approximate surface area is 114 Å². The van der Waals surface area contributed by atoms with Crippen LogP contribution >= 0.6 is 11.6 Å². The van der Waals surface area contributed by atoms with Crippen LogP contribution in [0.3, 0.4) is 0 Å². The van der Waals surface area contributed by atoms with E-state index < -0.39 is 29.3 Å². The van der Waals surface area contributed by atoms with Crippen LogP contribution in [0.1, 0.15) is 39.0 Å². The molecule has 1 aliphatic rings. The fourth-order valence-electron chi connectivity index (χ4n) is 2.47. The van der Waals surface area contributed by atoms with Crippen molar-refractivity contribution in [2.75, 3.05) is 5.88 Å². The molecule has 1 saturated carbocycles. The Morgan fingerprint density at radius 3 is 2.21 bits per heavy atom. The van der Waals surface area contributed by atoms with Crippen molar-refractivity contribution >= 4 is 23.3 Å². The maximum absolute atomic E-state index is 12.3. The summed E-state index contributed by atoms with van der Waals surface area (Å²) >= 11 is 5.46. The van der Waals surface area contributed by atoms with Crippen molar-refractivity contribution < 1.29 is 22.8 Å². The highest BCUT2D eigenvalue weighted by Gasteiger charge is 2.48. The Kier molecular flexibility index (Phi) is 5.24. The van der Waals surface area contributed by atoms with Gasteiger partial charge in [0.15, 0.2) is 5.78 Å². The molecular formula is C12H17ClF3NO2. The highest BCUT2D eigenvalue weighted by atomic mass is 35.5. The lowest BCUT2D eigenvalue weighted by molar-refractivity contribution is -0.176. The number of rotatable bonds is 4. The zero-order valence-electron chi connectivity index (χ0n) is 10.6. The Balaban J connectivity index is 2.85. The molecule has 0 aromatic carbocycles. The molecule has 0 spiro atoms. The molecule has 1 rings (SSSR count). The number of ketones is 1. The quantitative estimate of drug-likeness (QED) is 0.811. The van der Waals surface area contributed by atoms with Crippen LogP contribution in [-0.2, 0) is 9.59 Å². The van der Waals surface area contributed by atoms with E-state index in [9.17, 15) is 22.8 Å². The minimum atomic E-state index is -4.98. The molecule has 0 unspecified atom stereocenters. The summed E-state index contributed by atoms with van der Waals surface area (Å²) in [6.07, 6.45) is -2.38. The number of hydrogen-bond acceptors (Lipinski definition) is 2. The molecule has 0 heterocycles. The molecule has 0 atom stereocenters. The number of amides is 1. The van der Waals surface area contributed by atoms with Gasteiger partial charge in [-0.25, -0.2) is 0 Å². The molecule has 1 fully saturated rings. The number of alkyl halides is 4. The van der Waals surface area contributed by atoms with Crippen LogP contribution in [0.4, 0.5) is 13.2 Å². The molecule has 1 amide bonds. The van der Waals surface area contributed by atoms with E-state index in [1.54, 1.807) is 0 Å². The molecule has 7 heteroatoms. The third kappa shape index (κ3) is 3.84. The van der Waals surface area contributed by atoms with Crippen molar-refractivity contribution in [1.29, 1.82) is 0 Å². The van der Waals surface area contributed by atoms with Crippen LogP contribution in [0.25, 0.3) is 0 Å². The van der Waals surface area contributed by atoms with Crippen LogP contribution in [0.5, 0.6) is 0 Å². The average molecular weight is 300 g/mol. The van der Waals surface area contributed by atoms with Crippen LogP contribution in [0, 0.1) is 5.92 Å².